The fourth-order valence-corrected chi connectivity index (χ4v) is 2.67. The van der Waals surface area contributed by atoms with Crippen molar-refractivity contribution in [3.63, 3.8) is 0 Å². The van der Waals surface area contributed by atoms with E-state index in [4.69, 9.17) is 4.74 Å². The number of carbonyl (C=O) groups is 1. The average molecular weight is 334 g/mol. The Morgan fingerprint density at radius 1 is 1.04 bits per heavy atom. The molecule has 1 N–H and O–H groups in total. The van der Waals surface area contributed by atoms with E-state index >= 15 is 0 Å². The van der Waals surface area contributed by atoms with E-state index in [1.807, 2.05) is 36.4 Å². The maximum atomic E-state index is 12.3. The molecule has 2 aromatic carbocycles. The van der Waals surface area contributed by atoms with Gasteiger partial charge < -0.3 is 10.1 Å². The second kappa shape index (κ2) is 6.55. The summed E-state index contributed by atoms with van der Waals surface area (Å²) in [5, 5.41) is 2.81. The van der Waals surface area contributed by atoms with Crippen molar-refractivity contribution in [1.29, 1.82) is 0 Å². The first-order valence-electron chi connectivity index (χ1n) is 8.24. The number of benzene rings is 2. The van der Waals surface area contributed by atoms with Gasteiger partial charge in [-0.25, -0.2) is 4.99 Å². The summed E-state index contributed by atoms with van der Waals surface area (Å²) < 4.78 is 5.34. The highest BCUT2D eigenvalue weighted by atomic mass is 16.5. The van der Waals surface area contributed by atoms with E-state index in [9.17, 15) is 4.79 Å². The number of hydrogen-bond acceptors (Lipinski definition) is 3. The minimum Gasteiger partial charge on any atom is -0.496 e. The van der Waals surface area contributed by atoms with Crippen molar-refractivity contribution in [3.05, 3.63) is 70.9 Å². The molecular formula is C21H22N2O2. The van der Waals surface area contributed by atoms with Gasteiger partial charge in [-0.2, -0.15) is 0 Å². The summed E-state index contributed by atoms with van der Waals surface area (Å²) in [5.41, 5.74) is 3.46. The maximum Gasteiger partial charge on any atom is 0.275 e. The lowest BCUT2D eigenvalue weighted by molar-refractivity contribution is -0.115. The Hall–Kier alpha value is -2.88. The molecule has 0 aromatic heterocycles. The summed E-state index contributed by atoms with van der Waals surface area (Å²) in [4.78, 5) is 16.7. The molecular weight excluding hydrogens is 312 g/mol. The van der Waals surface area contributed by atoms with Crippen molar-refractivity contribution in [3.8, 4) is 5.75 Å². The Morgan fingerprint density at radius 2 is 1.72 bits per heavy atom. The summed E-state index contributed by atoms with van der Waals surface area (Å²) in [5.74, 6) is 0.984. The quantitative estimate of drug-likeness (QED) is 0.865. The molecule has 0 saturated carbocycles. The molecule has 1 amide bonds. The van der Waals surface area contributed by atoms with Crippen LogP contribution in [-0.4, -0.2) is 18.9 Å². The number of rotatable bonds is 3. The zero-order chi connectivity index (χ0) is 18.0. The molecule has 0 fully saturated rings. The molecule has 0 unspecified atom stereocenters. The van der Waals surface area contributed by atoms with Gasteiger partial charge in [0.2, 0.25) is 0 Å². The summed E-state index contributed by atoms with van der Waals surface area (Å²) in [6, 6.07) is 15.7. The first kappa shape index (κ1) is 17.0. The van der Waals surface area contributed by atoms with Crippen LogP contribution in [0.2, 0.25) is 0 Å². The highest BCUT2D eigenvalue weighted by Crippen LogP contribution is 2.24. The molecule has 2 aromatic rings. The van der Waals surface area contributed by atoms with E-state index in [1.165, 1.54) is 5.56 Å². The minimum absolute atomic E-state index is 0.103. The topological polar surface area (TPSA) is 50.7 Å². The second-order valence-electron chi connectivity index (χ2n) is 7.02. The lowest BCUT2D eigenvalue weighted by atomic mass is 9.87. The van der Waals surface area contributed by atoms with Gasteiger partial charge in [0.1, 0.15) is 17.3 Å². The molecule has 4 nitrogen and oxygen atoms in total. The number of nitrogens with one attached hydrogen (secondary N) is 1. The summed E-state index contributed by atoms with van der Waals surface area (Å²) in [6.07, 6.45) is 1.80. The fraction of sp³-hybridized carbons (Fsp3) is 0.238. The summed E-state index contributed by atoms with van der Waals surface area (Å²) >= 11 is 0. The lowest BCUT2D eigenvalue weighted by Crippen LogP contribution is -2.25. The minimum atomic E-state index is -0.208. The van der Waals surface area contributed by atoms with E-state index in [0.29, 0.717) is 17.3 Å². The van der Waals surface area contributed by atoms with E-state index in [0.717, 1.165) is 11.1 Å². The zero-order valence-electron chi connectivity index (χ0n) is 15.0. The van der Waals surface area contributed by atoms with Gasteiger partial charge in [0.15, 0.2) is 0 Å². The number of ether oxygens (including phenoxy) is 1. The predicted octanol–water partition coefficient (Wildman–Crippen LogP) is 3.91. The highest BCUT2D eigenvalue weighted by molar-refractivity contribution is 6.20. The van der Waals surface area contributed by atoms with Crippen molar-refractivity contribution in [2.24, 2.45) is 4.99 Å². The lowest BCUT2D eigenvalue weighted by Gasteiger charge is -2.18. The predicted molar refractivity (Wildman–Crippen MR) is 101 cm³/mol. The third-order valence-corrected chi connectivity index (χ3v) is 4.14. The third-order valence-electron chi connectivity index (χ3n) is 4.14. The third kappa shape index (κ3) is 3.63. The van der Waals surface area contributed by atoms with Crippen LogP contribution in [0.1, 0.15) is 37.5 Å². The standard InChI is InChI=1S/C21H22N2O2/c1-21(2,3)15-11-9-14(10-12-15)13-17-20(24)23-19(22-17)16-7-5-6-8-18(16)25-4/h5-13H,1-4H3,(H,22,23,24)/b17-13+. The van der Waals surface area contributed by atoms with E-state index < -0.39 is 0 Å². The number of methoxy groups -OCH3 is 1. The monoisotopic (exact) mass is 334 g/mol. The van der Waals surface area contributed by atoms with Crippen LogP contribution in [0.4, 0.5) is 0 Å². The van der Waals surface area contributed by atoms with E-state index in [2.05, 4.69) is 43.2 Å². The van der Waals surface area contributed by atoms with Crippen LogP contribution in [0.5, 0.6) is 5.75 Å². The molecule has 0 radical (unpaired) electrons. The molecule has 0 aliphatic carbocycles. The van der Waals surface area contributed by atoms with Gasteiger partial charge in [0.05, 0.1) is 12.7 Å². The van der Waals surface area contributed by atoms with Crippen LogP contribution in [0.15, 0.2) is 59.2 Å². The SMILES string of the molecule is COc1ccccc1C1=N/C(=C/c2ccc(C(C)(C)C)cc2)C(=O)N1. The first-order valence-corrected chi connectivity index (χ1v) is 8.24. The molecule has 3 rings (SSSR count). The molecule has 1 heterocycles. The molecule has 0 bridgehead atoms. The molecule has 0 saturated heterocycles. The van der Waals surface area contributed by atoms with Gasteiger partial charge >= 0.3 is 0 Å². The normalized spacial score (nSPS) is 15.9. The first-order chi connectivity index (χ1) is 11.9. The van der Waals surface area contributed by atoms with Gasteiger partial charge in [-0.15, -0.1) is 0 Å². The number of hydrogen-bond donors (Lipinski definition) is 1. The number of carbonyl (C=O) groups excluding carboxylic acids is 1. The Kier molecular flexibility index (Phi) is 4.45. The molecule has 1 aliphatic heterocycles. The number of amidine groups is 1. The van der Waals surface area contributed by atoms with Crippen LogP contribution in [0.25, 0.3) is 6.08 Å². The number of nitrogens with zero attached hydrogens (tertiary/aromatic N) is 1. The molecule has 4 heteroatoms. The Balaban J connectivity index is 1.91. The summed E-state index contributed by atoms with van der Waals surface area (Å²) in [6.45, 7) is 6.53. The van der Waals surface area contributed by atoms with Gasteiger partial charge in [0.25, 0.3) is 5.91 Å². The summed E-state index contributed by atoms with van der Waals surface area (Å²) in [7, 11) is 1.60. The molecule has 25 heavy (non-hydrogen) atoms. The zero-order valence-corrected chi connectivity index (χ0v) is 15.0. The van der Waals surface area contributed by atoms with Crippen LogP contribution < -0.4 is 10.1 Å². The molecule has 0 spiro atoms. The molecule has 1 aliphatic rings. The van der Waals surface area contributed by atoms with Gasteiger partial charge in [0, 0.05) is 0 Å². The fourth-order valence-electron chi connectivity index (χ4n) is 2.67. The van der Waals surface area contributed by atoms with Crippen LogP contribution in [0.3, 0.4) is 0 Å². The second-order valence-corrected chi connectivity index (χ2v) is 7.02. The van der Waals surface area contributed by atoms with Crippen LogP contribution >= 0.6 is 0 Å². The molecule has 128 valence electrons. The van der Waals surface area contributed by atoms with Crippen LogP contribution in [0, 0.1) is 0 Å². The Labute approximate surface area is 148 Å². The Bertz CT molecular complexity index is 856. The molecule has 0 atom stereocenters. The highest BCUT2D eigenvalue weighted by Gasteiger charge is 2.23. The number of para-hydroxylation sites is 1. The number of aliphatic imine (C=N–C) groups is 1. The van der Waals surface area contributed by atoms with Crippen LogP contribution in [-0.2, 0) is 10.2 Å². The van der Waals surface area contributed by atoms with E-state index in [1.54, 1.807) is 13.2 Å². The smallest absolute Gasteiger partial charge is 0.275 e. The van der Waals surface area contributed by atoms with Crippen molar-refractivity contribution < 1.29 is 9.53 Å². The number of amides is 1. The largest absolute Gasteiger partial charge is 0.496 e. The maximum absolute atomic E-state index is 12.3. The van der Waals surface area contributed by atoms with Gasteiger partial charge in [-0.1, -0.05) is 57.2 Å². The average Bonchev–Trinajstić information content (AvgIpc) is 2.95. The van der Waals surface area contributed by atoms with E-state index in [-0.39, 0.29) is 11.3 Å². The van der Waals surface area contributed by atoms with Crippen molar-refractivity contribution in [2.45, 2.75) is 26.2 Å². The van der Waals surface area contributed by atoms with Gasteiger partial charge in [-0.05, 0) is 34.8 Å². The Morgan fingerprint density at radius 3 is 2.36 bits per heavy atom. The van der Waals surface area contributed by atoms with Crippen molar-refractivity contribution in [2.75, 3.05) is 7.11 Å². The van der Waals surface area contributed by atoms with Crippen molar-refractivity contribution >= 4 is 17.8 Å². The van der Waals surface area contributed by atoms with Crippen molar-refractivity contribution in [1.82, 2.24) is 5.32 Å². The van der Waals surface area contributed by atoms with Gasteiger partial charge in [-0.3, -0.25) is 4.79 Å².